The maximum Gasteiger partial charge on any atom is 0.151 e. The molecular weight excluding hydrogens is 498 g/mol. The van der Waals surface area contributed by atoms with Crippen molar-refractivity contribution < 1.29 is 4.74 Å². The summed E-state index contributed by atoms with van der Waals surface area (Å²) >= 11 is 0. The minimum absolute atomic E-state index is 0.121. The van der Waals surface area contributed by atoms with Crippen LogP contribution in [0.2, 0.25) is 0 Å². The van der Waals surface area contributed by atoms with Gasteiger partial charge in [0.15, 0.2) is 11.5 Å². The summed E-state index contributed by atoms with van der Waals surface area (Å²) in [6.07, 6.45) is 5.92. The van der Waals surface area contributed by atoms with Crippen molar-refractivity contribution in [2.75, 3.05) is 4.90 Å². The monoisotopic (exact) mass is 537 g/mol. The smallest absolute Gasteiger partial charge is 0.151 e. The molecule has 206 valence electrons. The third kappa shape index (κ3) is 4.23. The van der Waals surface area contributed by atoms with Gasteiger partial charge < -0.3 is 9.64 Å². The van der Waals surface area contributed by atoms with Gasteiger partial charge in [-0.05, 0) is 74.9 Å². The van der Waals surface area contributed by atoms with Crippen LogP contribution in [-0.4, -0.2) is 5.54 Å². The molecule has 2 atom stereocenters. The van der Waals surface area contributed by atoms with Crippen LogP contribution < -0.4 is 9.64 Å². The average Bonchev–Trinajstić information content (AvgIpc) is 3.70. The number of fused-ring (bicyclic) bond motifs is 3. The summed E-state index contributed by atoms with van der Waals surface area (Å²) < 4.78 is 6.37. The van der Waals surface area contributed by atoms with Gasteiger partial charge in [0.25, 0.3) is 0 Å². The number of hydrogen-bond donors (Lipinski definition) is 0. The van der Waals surface area contributed by atoms with Crippen molar-refractivity contribution in [1.82, 2.24) is 0 Å². The molecular formula is C39H39NO. The van der Waals surface area contributed by atoms with Gasteiger partial charge in [-0.3, -0.25) is 0 Å². The molecule has 2 heteroatoms. The summed E-state index contributed by atoms with van der Waals surface area (Å²) in [4.78, 5) is 2.55. The first-order valence-electron chi connectivity index (χ1n) is 14.9. The third-order valence-corrected chi connectivity index (χ3v) is 9.12. The maximum absolute atomic E-state index is 6.37. The summed E-state index contributed by atoms with van der Waals surface area (Å²) in [5.41, 5.74) is 10.5. The van der Waals surface area contributed by atoms with Gasteiger partial charge in [0, 0.05) is 5.92 Å². The largest absolute Gasteiger partial charge is 0.453 e. The average molecular weight is 538 g/mol. The lowest BCUT2D eigenvalue weighted by atomic mass is 9.81. The van der Waals surface area contributed by atoms with Crippen molar-refractivity contribution in [1.29, 1.82) is 0 Å². The van der Waals surface area contributed by atoms with Crippen molar-refractivity contribution >= 4 is 22.5 Å². The third-order valence-electron chi connectivity index (χ3n) is 9.12. The van der Waals surface area contributed by atoms with E-state index in [0.717, 1.165) is 29.3 Å². The molecule has 4 aromatic rings. The molecule has 1 saturated carbocycles. The van der Waals surface area contributed by atoms with E-state index in [1.54, 1.807) is 0 Å². The summed E-state index contributed by atoms with van der Waals surface area (Å²) in [6, 6.07) is 35.5. The number of benzene rings is 4. The quantitative estimate of drug-likeness (QED) is 0.258. The molecule has 7 rings (SSSR count). The molecule has 3 aliphatic rings. The predicted molar refractivity (Wildman–Crippen MR) is 172 cm³/mol. The van der Waals surface area contributed by atoms with E-state index in [1.165, 1.54) is 33.4 Å². The van der Waals surface area contributed by atoms with Gasteiger partial charge in [0.2, 0.25) is 0 Å². The van der Waals surface area contributed by atoms with Gasteiger partial charge in [-0.15, -0.1) is 0 Å². The lowest BCUT2D eigenvalue weighted by Crippen LogP contribution is -2.36. The second kappa shape index (κ2) is 8.98. The zero-order valence-corrected chi connectivity index (χ0v) is 25.0. The van der Waals surface area contributed by atoms with Crippen LogP contribution in [0.1, 0.15) is 70.2 Å². The SMILES string of the molecule is CC(C)(C)c1ccc(C2=C(c3ccc(C(C)(C)C)cc3)C3CC3(N3c4ccccc4Oc4ccccc43)C=C2)cc1. The van der Waals surface area contributed by atoms with E-state index in [-0.39, 0.29) is 16.4 Å². The fourth-order valence-electron chi connectivity index (χ4n) is 6.69. The Morgan fingerprint density at radius 3 is 1.63 bits per heavy atom. The molecule has 1 heterocycles. The fraction of sp³-hybridized carbons (Fsp3) is 0.282. The molecule has 0 saturated heterocycles. The molecule has 2 unspecified atom stereocenters. The summed E-state index contributed by atoms with van der Waals surface area (Å²) in [7, 11) is 0. The minimum Gasteiger partial charge on any atom is -0.453 e. The van der Waals surface area contributed by atoms with Gasteiger partial charge in [0.1, 0.15) is 0 Å². The molecule has 4 aromatic carbocycles. The summed E-state index contributed by atoms with van der Waals surface area (Å²) in [6.45, 7) is 13.7. The van der Waals surface area contributed by atoms with E-state index in [9.17, 15) is 0 Å². The highest BCUT2D eigenvalue weighted by molar-refractivity contribution is 6.01. The fourth-order valence-corrected chi connectivity index (χ4v) is 6.69. The Balaban J connectivity index is 1.38. The lowest BCUT2D eigenvalue weighted by Gasteiger charge is -2.40. The molecule has 0 radical (unpaired) electrons. The molecule has 0 bridgehead atoms. The Morgan fingerprint density at radius 2 is 1.12 bits per heavy atom. The zero-order valence-electron chi connectivity index (χ0n) is 25.0. The number of allylic oxidation sites excluding steroid dienone is 2. The number of anilines is 2. The number of rotatable bonds is 3. The van der Waals surface area contributed by atoms with Crippen molar-refractivity contribution in [3.8, 4) is 11.5 Å². The van der Waals surface area contributed by atoms with Crippen molar-refractivity contribution in [2.45, 2.75) is 64.3 Å². The Labute approximate surface area is 245 Å². The first-order chi connectivity index (χ1) is 19.6. The van der Waals surface area contributed by atoms with Gasteiger partial charge in [-0.1, -0.05) is 126 Å². The van der Waals surface area contributed by atoms with E-state index < -0.39 is 0 Å². The lowest BCUT2D eigenvalue weighted by molar-refractivity contribution is 0.468. The highest BCUT2D eigenvalue weighted by Gasteiger charge is 2.61. The minimum atomic E-state index is -0.136. The second-order valence-electron chi connectivity index (χ2n) is 13.9. The molecule has 1 aliphatic heterocycles. The van der Waals surface area contributed by atoms with Crippen LogP contribution in [0.4, 0.5) is 11.4 Å². The highest BCUT2D eigenvalue weighted by Crippen LogP contribution is 2.66. The maximum atomic E-state index is 6.37. The standard InChI is InChI=1S/C39H39NO/c1-37(2,3)28-19-15-26(16-20-28)30-23-24-39(25-31(39)36(30)27-17-21-29(22-18-27)38(4,5)6)40-32-11-7-9-13-34(32)41-35-14-10-8-12-33(35)40/h7-24,31H,25H2,1-6H3. The van der Waals surface area contributed by atoms with Crippen LogP contribution in [0.25, 0.3) is 11.1 Å². The van der Waals surface area contributed by atoms with Crippen molar-refractivity contribution in [2.24, 2.45) is 5.92 Å². The molecule has 0 amide bonds. The Morgan fingerprint density at radius 1 is 0.634 bits per heavy atom. The predicted octanol–water partition coefficient (Wildman–Crippen LogP) is 10.5. The number of hydrogen-bond acceptors (Lipinski definition) is 2. The molecule has 2 nitrogen and oxygen atoms in total. The molecule has 0 aromatic heterocycles. The Bertz CT molecular complexity index is 1650. The van der Waals surface area contributed by atoms with E-state index in [4.69, 9.17) is 4.74 Å². The summed E-state index contributed by atoms with van der Waals surface area (Å²) in [5.74, 6) is 2.20. The second-order valence-corrected chi connectivity index (χ2v) is 13.9. The Kier molecular flexibility index (Phi) is 5.67. The number of nitrogens with zero attached hydrogens (tertiary/aromatic N) is 1. The highest BCUT2D eigenvalue weighted by atomic mass is 16.5. The van der Waals surface area contributed by atoms with Crippen molar-refractivity contribution in [3.63, 3.8) is 0 Å². The van der Waals surface area contributed by atoms with Crippen LogP contribution in [0, 0.1) is 5.92 Å². The number of ether oxygens (including phenoxy) is 1. The topological polar surface area (TPSA) is 12.5 Å². The van der Waals surface area contributed by atoms with Crippen LogP contribution in [0.5, 0.6) is 11.5 Å². The van der Waals surface area contributed by atoms with Crippen LogP contribution >= 0.6 is 0 Å². The van der Waals surface area contributed by atoms with Gasteiger partial charge >= 0.3 is 0 Å². The first kappa shape index (κ1) is 25.9. The van der Waals surface area contributed by atoms with Crippen LogP contribution in [-0.2, 0) is 10.8 Å². The zero-order chi connectivity index (χ0) is 28.6. The molecule has 1 fully saturated rings. The molecule has 41 heavy (non-hydrogen) atoms. The molecule has 2 aliphatic carbocycles. The normalized spacial score (nSPS) is 21.1. The van der Waals surface area contributed by atoms with E-state index >= 15 is 0 Å². The van der Waals surface area contributed by atoms with Crippen LogP contribution in [0.3, 0.4) is 0 Å². The van der Waals surface area contributed by atoms with Gasteiger partial charge in [-0.2, -0.15) is 0 Å². The van der Waals surface area contributed by atoms with Crippen molar-refractivity contribution in [3.05, 3.63) is 131 Å². The number of para-hydroxylation sites is 4. The first-order valence-corrected chi connectivity index (χ1v) is 14.9. The molecule has 0 spiro atoms. The summed E-state index contributed by atoms with van der Waals surface area (Å²) in [5, 5.41) is 0. The molecule has 0 N–H and O–H groups in total. The van der Waals surface area contributed by atoms with Gasteiger partial charge in [0.05, 0.1) is 16.9 Å². The van der Waals surface area contributed by atoms with E-state index in [0.29, 0.717) is 5.92 Å². The van der Waals surface area contributed by atoms with Crippen LogP contribution in [0.15, 0.2) is 109 Å². The van der Waals surface area contributed by atoms with E-state index in [1.807, 2.05) is 0 Å². The van der Waals surface area contributed by atoms with Gasteiger partial charge in [-0.25, -0.2) is 0 Å². The van der Waals surface area contributed by atoms with E-state index in [2.05, 4.69) is 156 Å². The Hall–Kier alpha value is -4.04.